The van der Waals surface area contributed by atoms with Crippen LogP contribution in [-0.2, 0) is 4.84 Å². The second kappa shape index (κ2) is 3.33. The van der Waals surface area contributed by atoms with Gasteiger partial charge in [-0.2, -0.15) is 0 Å². The highest BCUT2D eigenvalue weighted by molar-refractivity contribution is 6.06. The van der Waals surface area contributed by atoms with E-state index in [1.54, 1.807) is 7.11 Å². The summed E-state index contributed by atoms with van der Waals surface area (Å²) in [5.74, 6) is 0.445. The first-order chi connectivity index (χ1) is 6.74. The van der Waals surface area contributed by atoms with Crippen LogP contribution in [0.1, 0.15) is 30.4 Å². The van der Waals surface area contributed by atoms with Gasteiger partial charge >= 0.3 is 0 Å². The van der Waals surface area contributed by atoms with Gasteiger partial charge in [-0.05, 0) is 17.5 Å². The number of hydrogen-bond donors (Lipinski definition) is 1. The molecule has 14 heavy (non-hydrogen) atoms. The molecule has 1 aliphatic carbocycles. The maximum Gasteiger partial charge on any atom is 0.106 e. The van der Waals surface area contributed by atoms with Crippen molar-refractivity contribution in [3.8, 4) is 0 Å². The van der Waals surface area contributed by atoms with Crippen LogP contribution < -0.4 is 5.73 Å². The second-order valence-electron chi connectivity index (χ2n) is 3.63. The molecule has 0 bridgehead atoms. The highest BCUT2D eigenvalue weighted by Gasteiger charge is 2.26. The minimum atomic E-state index is 0.445. The predicted molar refractivity (Wildman–Crippen MR) is 57.4 cm³/mol. The molecule has 0 aromatic heterocycles. The van der Waals surface area contributed by atoms with Crippen molar-refractivity contribution in [3.05, 3.63) is 29.3 Å². The minimum Gasteiger partial charge on any atom is -0.399 e. The fraction of sp³-hybridized carbons (Fsp3) is 0.364. The number of nitrogen functional groups attached to an aromatic ring is 1. The van der Waals surface area contributed by atoms with E-state index in [4.69, 9.17) is 10.6 Å². The number of oxime groups is 1. The summed E-state index contributed by atoms with van der Waals surface area (Å²) < 4.78 is 0. The van der Waals surface area contributed by atoms with Gasteiger partial charge in [0, 0.05) is 17.7 Å². The Labute approximate surface area is 83.6 Å². The lowest BCUT2D eigenvalue weighted by atomic mass is 10.0. The van der Waals surface area contributed by atoms with Crippen molar-refractivity contribution in [1.82, 2.24) is 0 Å². The minimum absolute atomic E-state index is 0.445. The number of anilines is 1. The molecule has 2 N–H and O–H groups in total. The number of nitrogens with two attached hydrogens (primary N) is 1. The Kier molecular flexibility index (Phi) is 2.15. The Bertz CT molecular complexity index is 385. The number of benzene rings is 1. The maximum atomic E-state index is 5.92. The van der Waals surface area contributed by atoms with Gasteiger partial charge in [-0.1, -0.05) is 24.2 Å². The molecular formula is C11H14N2O. The van der Waals surface area contributed by atoms with E-state index in [1.165, 1.54) is 5.56 Å². The summed E-state index contributed by atoms with van der Waals surface area (Å²) in [6, 6.07) is 5.94. The van der Waals surface area contributed by atoms with Gasteiger partial charge in [-0.3, -0.25) is 0 Å². The third kappa shape index (κ3) is 1.25. The van der Waals surface area contributed by atoms with E-state index in [1.807, 2.05) is 18.2 Å². The fourth-order valence-electron chi connectivity index (χ4n) is 2.08. The van der Waals surface area contributed by atoms with Gasteiger partial charge in [0.2, 0.25) is 0 Å². The van der Waals surface area contributed by atoms with Crippen LogP contribution in [0, 0.1) is 0 Å². The van der Waals surface area contributed by atoms with E-state index in [0.717, 1.165) is 23.4 Å². The van der Waals surface area contributed by atoms with Gasteiger partial charge in [0.05, 0.1) is 5.71 Å². The lowest BCUT2D eigenvalue weighted by Crippen LogP contribution is -1.97. The normalized spacial score (nSPS) is 22.4. The van der Waals surface area contributed by atoms with Gasteiger partial charge in [-0.25, -0.2) is 0 Å². The van der Waals surface area contributed by atoms with Gasteiger partial charge in [0.1, 0.15) is 7.11 Å². The SMILES string of the molecule is CO/N=C1/C[C@@H](C)c2c(N)cccc21. The van der Waals surface area contributed by atoms with Crippen LogP contribution in [0.25, 0.3) is 0 Å². The molecule has 0 saturated carbocycles. The summed E-state index contributed by atoms with van der Waals surface area (Å²) in [7, 11) is 1.57. The maximum absolute atomic E-state index is 5.92. The first-order valence-corrected chi connectivity index (χ1v) is 4.72. The zero-order valence-corrected chi connectivity index (χ0v) is 8.45. The highest BCUT2D eigenvalue weighted by Crippen LogP contribution is 2.36. The summed E-state index contributed by atoms with van der Waals surface area (Å²) in [4.78, 5) is 4.82. The molecule has 0 saturated heterocycles. The van der Waals surface area contributed by atoms with Gasteiger partial charge in [0.25, 0.3) is 0 Å². The van der Waals surface area contributed by atoms with Crippen LogP contribution in [-0.4, -0.2) is 12.8 Å². The molecule has 0 unspecified atom stereocenters. The number of hydrogen-bond acceptors (Lipinski definition) is 3. The molecule has 1 aromatic rings. The molecule has 0 spiro atoms. The monoisotopic (exact) mass is 190 g/mol. The summed E-state index contributed by atoms with van der Waals surface area (Å²) >= 11 is 0. The number of fused-ring (bicyclic) bond motifs is 1. The Morgan fingerprint density at radius 2 is 2.29 bits per heavy atom. The fourth-order valence-corrected chi connectivity index (χ4v) is 2.08. The van der Waals surface area contributed by atoms with E-state index < -0.39 is 0 Å². The zero-order valence-electron chi connectivity index (χ0n) is 8.45. The van der Waals surface area contributed by atoms with Gasteiger partial charge in [-0.15, -0.1) is 0 Å². The standard InChI is InChI=1S/C11H14N2O/c1-7-6-10(13-14-2)8-4-3-5-9(12)11(7)8/h3-5,7H,6,12H2,1-2H3/b13-10-/t7-/m1/s1. The van der Waals surface area contributed by atoms with Crippen molar-refractivity contribution in [1.29, 1.82) is 0 Å². The van der Waals surface area contributed by atoms with Crippen molar-refractivity contribution in [2.75, 3.05) is 12.8 Å². The zero-order chi connectivity index (χ0) is 10.1. The Morgan fingerprint density at radius 3 is 3.00 bits per heavy atom. The van der Waals surface area contributed by atoms with Crippen LogP contribution in [0.15, 0.2) is 23.4 Å². The second-order valence-corrected chi connectivity index (χ2v) is 3.63. The molecule has 0 amide bonds. The lowest BCUT2D eigenvalue weighted by Gasteiger charge is -2.06. The quantitative estimate of drug-likeness (QED) is 0.544. The summed E-state index contributed by atoms with van der Waals surface area (Å²) in [5.41, 5.74) is 10.1. The predicted octanol–water partition coefficient (Wildman–Crippen LogP) is 2.13. The highest BCUT2D eigenvalue weighted by atomic mass is 16.6. The van der Waals surface area contributed by atoms with Crippen LogP contribution in [0.4, 0.5) is 5.69 Å². The molecule has 1 atom stereocenters. The molecule has 74 valence electrons. The van der Waals surface area contributed by atoms with E-state index >= 15 is 0 Å². The molecule has 3 nitrogen and oxygen atoms in total. The molecule has 0 heterocycles. The van der Waals surface area contributed by atoms with E-state index in [2.05, 4.69) is 12.1 Å². The molecule has 2 rings (SSSR count). The van der Waals surface area contributed by atoms with Crippen LogP contribution in [0.5, 0.6) is 0 Å². The third-order valence-electron chi connectivity index (χ3n) is 2.64. The first kappa shape index (κ1) is 9.06. The molecular weight excluding hydrogens is 176 g/mol. The largest absolute Gasteiger partial charge is 0.399 e. The van der Waals surface area contributed by atoms with Crippen molar-refractivity contribution < 1.29 is 4.84 Å². The Hall–Kier alpha value is -1.51. The lowest BCUT2D eigenvalue weighted by molar-refractivity contribution is 0.213. The van der Waals surface area contributed by atoms with E-state index in [9.17, 15) is 0 Å². The van der Waals surface area contributed by atoms with E-state index in [-0.39, 0.29) is 0 Å². The van der Waals surface area contributed by atoms with Crippen molar-refractivity contribution in [2.45, 2.75) is 19.3 Å². The third-order valence-corrected chi connectivity index (χ3v) is 2.64. The van der Waals surface area contributed by atoms with Crippen LogP contribution in [0.2, 0.25) is 0 Å². The first-order valence-electron chi connectivity index (χ1n) is 4.72. The molecule has 0 fully saturated rings. The molecule has 1 aromatic carbocycles. The van der Waals surface area contributed by atoms with Gasteiger partial charge in [0.15, 0.2) is 0 Å². The van der Waals surface area contributed by atoms with Crippen LogP contribution >= 0.6 is 0 Å². The smallest absolute Gasteiger partial charge is 0.106 e. The van der Waals surface area contributed by atoms with Crippen LogP contribution in [0.3, 0.4) is 0 Å². The van der Waals surface area contributed by atoms with Crippen molar-refractivity contribution in [2.24, 2.45) is 5.16 Å². The van der Waals surface area contributed by atoms with Crippen molar-refractivity contribution >= 4 is 11.4 Å². The topological polar surface area (TPSA) is 47.6 Å². The average molecular weight is 190 g/mol. The molecule has 0 aliphatic heterocycles. The molecule has 3 heteroatoms. The summed E-state index contributed by atoms with van der Waals surface area (Å²) in [6.45, 7) is 2.16. The summed E-state index contributed by atoms with van der Waals surface area (Å²) in [5, 5.41) is 4.02. The molecule has 0 radical (unpaired) electrons. The average Bonchev–Trinajstić information content (AvgIpc) is 2.46. The number of nitrogens with zero attached hydrogens (tertiary/aromatic N) is 1. The number of rotatable bonds is 1. The Balaban J connectivity index is 2.55. The molecule has 1 aliphatic rings. The Morgan fingerprint density at radius 1 is 1.50 bits per heavy atom. The van der Waals surface area contributed by atoms with E-state index in [0.29, 0.717) is 5.92 Å². The van der Waals surface area contributed by atoms with Gasteiger partial charge < -0.3 is 10.6 Å². The van der Waals surface area contributed by atoms with Crippen molar-refractivity contribution in [3.63, 3.8) is 0 Å². The summed E-state index contributed by atoms with van der Waals surface area (Å²) in [6.07, 6.45) is 0.914.